The smallest absolute Gasteiger partial charge is 0.319 e. The number of aryl methyl sites for hydroxylation is 1. The molecular weight excluding hydrogens is 262 g/mol. The third-order valence-electron chi connectivity index (χ3n) is 2.82. The molecular formula is C14H16ClN3O. The number of halogens is 1. The van der Waals surface area contributed by atoms with Gasteiger partial charge in [-0.15, -0.1) is 0 Å². The van der Waals surface area contributed by atoms with Crippen LogP contribution in [0.2, 0.25) is 5.02 Å². The van der Waals surface area contributed by atoms with Crippen LogP contribution in [0.25, 0.3) is 0 Å². The van der Waals surface area contributed by atoms with E-state index in [9.17, 15) is 4.79 Å². The van der Waals surface area contributed by atoms with Gasteiger partial charge >= 0.3 is 6.03 Å². The molecule has 4 nitrogen and oxygen atoms in total. The fraction of sp³-hybridized carbons (Fsp3) is 0.286. The van der Waals surface area contributed by atoms with E-state index in [0.29, 0.717) is 18.1 Å². The summed E-state index contributed by atoms with van der Waals surface area (Å²) < 4.78 is 1.36. The quantitative estimate of drug-likeness (QED) is 0.863. The normalized spacial score (nSPS) is 10.5. The summed E-state index contributed by atoms with van der Waals surface area (Å²) in [6, 6.07) is 7.39. The van der Waals surface area contributed by atoms with E-state index in [4.69, 9.17) is 11.6 Å². The standard InChI is InChI=1S/C14H16ClN3O/c1-3-17(10-12-5-4-6-13(15)7-12)14(19)18-9-11(2)8-16-18/h4-9H,3,10H2,1-2H3. The molecule has 0 unspecified atom stereocenters. The third kappa shape index (κ3) is 3.35. The van der Waals surface area contributed by atoms with Gasteiger partial charge in [0, 0.05) is 24.3 Å². The number of aromatic nitrogens is 2. The molecule has 0 saturated carbocycles. The first-order valence-electron chi connectivity index (χ1n) is 6.15. The van der Waals surface area contributed by atoms with E-state index in [1.54, 1.807) is 17.3 Å². The van der Waals surface area contributed by atoms with Crippen molar-refractivity contribution in [3.8, 4) is 0 Å². The van der Waals surface area contributed by atoms with Crippen LogP contribution < -0.4 is 0 Å². The Morgan fingerprint density at radius 1 is 1.47 bits per heavy atom. The van der Waals surface area contributed by atoms with Crippen molar-refractivity contribution < 1.29 is 4.79 Å². The summed E-state index contributed by atoms with van der Waals surface area (Å²) in [5, 5.41) is 4.72. The van der Waals surface area contributed by atoms with E-state index in [-0.39, 0.29) is 6.03 Å². The van der Waals surface area contributed by atoms with Crippen LogP contribution in [-0.4, -0.2) is 27.3 Å². The number of amides is 1. The second-order valence-corrected chi connectivity index (χ2v) is 4.83. The van der Waals surface area contributed by atoms with Crippen molar-refractivity contribution in [3.05, 3.63) is 52.8 Å². The predicted molar refractivity (Wildman–Crippen MR) is 75.3 cm³/mol. The van der Waals surface area contributed by atoms with E-state index in [1.165, 1.54) is 4.68 Å². The van der Waals surface area contributed by atoms with E-state index < -0.39 is 0 Å². The molecule has 0 radical (unpaired) electrons. The van der Waals surface area contributed by atoms with Crippen molar-refractivity contribution in [2.75, 3.05) is 6.54 Å². The highest BCUT2D eigenvalue weighted by atomic mass is 35.5. The molecule has 19 heavy (non-hydrogen) atoms. The molecule has 2 aromatic rings. The van der Waals surface area contributed by atoms with Crippen molar-refractivity contribution in [1.82, 2.24) is 14.7 Å². The van der Waals surface area contributed by atoms with Crippen molar-refractivity contribution in [2.24, 2.45) is 0 Å². The highest BCUT2D eigenvalue weighted by Crippen LogP contribution is 2.13. The molecule has 1 aromatic heterocycles. The monoisotopic (exact) mass is 277 g/mol. The molecule has 5 heteroatoms. The molecule has 1 heterocycles. The summed E-state index contributed by atoms with van der Waals surface area (Å²) in [4.78, 5) is 14.0. The number of hydrogen-bond donors (Lipinski definition) is 0. The van der Waals surface area contributed by atoms with Crippen LogP contribution >= 0.6 is 11.6 Å². The summed E-state index contributed by atoms with van der Waals surface area (Å²) in [6.45, 7) is 4.99. The first kappa shape index (κ1) is 13.6. The number of rotatable bonds is 3. The average Bonchev–Trinajstić information content (AvgIpc) is 2.82. The molecule has 0 saturated heterocycles. The number of carbonyl (C=O) groups is 1. The Labute approximate surface area is 117 Å². The van der Waals surface area contributed by atoms with Gasteiger partial charge in [-0.2, -0.15) is 9.78 Å². The molecule has 0 aliphatic carbocycles. The molecule has 1 amide bonds. The molecule has 0 fully saturated rings. The van der Waals surface area contributed by atoms with Crippen LogP contribution in [0.15, 0.2) is 36.7 Å². The Balaban J connectivity index is 2.14. The first-order chi connectivity index (χ1) is 9.10. The highest BCUT2D eigenvalue weighted by molar-refractivity contribution is 6.30. The van der Waals surface area contributed by atoms with E-state index in [2.05, 4.69) is 5.10 Å². The molecule has 0 spiro atoms. The van der Waals surface area contributed by atoms with Crippen molar-refractivity contribution >= 4 is 17.6 Å². The Bertz CT molecular complexity index is 580. The Hall–Kier alpha value is -1.81. The maximum atomic E-state index is 12.3. The summed E-state index contributed by atoms with van der Waals surface area (Å²) in [5.74, 6) is 0. The van der Waals surface area contributed by atoms with Gasteiger partial charge in [0.2, 0.25) is 0 Å². The number of benzene rings is 1. The summed E-state index contributed by atoms with van der Waals surface area (Å²) in [5.41, 5.74) is 1.97. The lowest BCUT2D eigenvalue weighted by Crippen LogP contribution is -2.34. The minimum atomic E-state index is -0.129. The SMILES string of the molecule is CCN(Cc1cccc(Cl)c1)C(=O)n1cc(C)cn1. The largest absolute Gasteiger partial charge is 0.344 e. The van der Waals surface area contributed by atoms with Gasteiger partial charge in [0.05, 0.1) is 6.20 Å². The van der Waals surface area contributed by atoms with Gasteiger partial charge in [-0.1, -0.05) is 23.7 Å². The third-order valence-corrected chi connectivity index (χ3v) is 3.06. The predicted octanol–water partition coefficient (Wildman–Crippen LogP) is 3.34. The number of carbonyl (C=O) groups excluding carboxylic acids is 1. The lowest BCUT2D eigenvalue weighted by atomic mass is 10.2. The molecule has 2 rings (SSSR count). The van der Waals surface area contributed by atoms with Crippen LogP contribution in [0.3, 0.4) is 0 Å². The second kappa shape index (κ2) is 5.89. The summed E-state index contributed by atoms with van der Waals surface area (Å²) in [6.07, 6.45) is 3.40. The van der Waals surface area contributed by atoms with E-state index in [0.717, 1.165) is 11.1 Å². The maximum absolute atomic E-state index is 12.3. The van der Waals surface area contributed by atoms with Crippen molar-refractivity contribution in [1.29, 1.82) is 0 Å². The van der Waals surface area contributed by atoms with Gasteiger partial charge in [-0.3, -0.25) is 0 Å². The molecule has 0 aliphatic heterocycles. The van der Waals surface area contributed by atoms with Gasteiger partial charge in [0.25, 0.3) is 0 Å². The Morgan fingerprint density at radius 3 is 2.84 bits per heavy atom. The topological polar surface area (TPSA) is 38.1 Å². The van der Waals surface area contributed by atoms with Gasteiger partial charge in [0.15, 0.2) is 0 Å². The molecule has 0 N–H and O–H groups in total. The van der Waals surface area contributed by atoms with Crippen LogP contribution in [0.5, 0.6) is 0 Å². The van der Waals surface area contributed by atoms with Gasteiger partial charge in [-0.05, 0) is 37.1 Å². The number of nitrogens with zero attached hydrogens (tertiary/aromatic N) is 3. The second-order valence-electron chi connectivity index (χ2n) is 4.39. The van der Waals surface area contributed by atoms with E-state index >= 15 is 0 Å². The average molecular weight is 278 g/mol. The van der Waals surface area contributed by atoms with Crippen LogP contribution in [0, 0.1) is 6.92 Å². The zero-order valence-corrected chi connectivity index (χ0v) is 11.8. The zero-order valence-electron chi connectivity index (χ0n) is 11.0. The lowest BCUT2D eigenvalue weighted by Gasteiger charge is -2.20. The highest BCUT2D eigenvalue weighted by Gasteiger charge is 2.15. The fourth-order valence-electron chi connectivity index (χ4n) is 1.83. The minimum absolute atomic E-state index is 0.129. The molecule has 1 aromatic carbocycles. The maximum Gasteiger partial charge on any atom is 0.344 e. The van der Waals surface area contributed by atoms with Crippen LogP contribution in [0.4, 0.5) is 4.79 Å². The summed E-state index contributed by atoms with van der Waals surface area (Å²) >= 11 is 5.95. The number of hydrogen-bond acceptors (Lipinski definition) is 2. The van der Waals surface area contributed by atoms with Gasteiger partial charge in [-0.25, -0.2) is 4.79 Å². The Morgan fingerprint density at radius 2 is 2.26 bits per heavy atom. The van der Waals surface area contributed by atoms with Crippen molar-refractivity contribution in [2.45, 2.75) is 20.4 Å². The molecule has 100 valence electrons. The Kier molecular flexibility index (Phi) is 4.22. The van der Waals surface area contributed by atoms with Crippen LogP contribution in [-0.2, 0) is 6.54 Å². The lowest BCUT2D eigenvalue weighted by molar-refractivity contribution is 0.196. The fourth-order valence-corrected chi connectivity index (χ4v) is 2.05. The zero-order chi connectivity index (χ0) is 13.8. The molecule has 0 bridgehead atoms. The van der Waals surface area contributed by atoms with Crippen molar-refractivity contribution in [3.63, 3.8) is 0 Å². The summed E-state index contributed by atoms with van der Waals surface area (Å²) in [7, 11) is 0. The first-order valence-corrected chi connectivity index (χ1v) is 6.53. The van der Waals surface area contributed by atoms with Gasteiger partial charge in [0.1, 0.15) is 0 Å². The molecule has 0 aliphatic rings. The minimum Gasteiger partial charge on any atom is -0.319 e. The van der Waals surface area contributed by atoms with Gasteiger partial charge < -0.3 is 4.90 Å². The van der Waals surface area contributed by atoms with E-state index in [1.807, 2.05) is 38.1 Å². The van der Waals surface area contributed by atoms with Crippen LogP contribution in [0.1, 0.15) is 18.1 Å². The molecule has 0 atom stereocenters.